The van der Waals surface area contributed by atoms with Crippen LogP contribution in [0, 0.1) is 0 Å². The van der Waals surface area contributed by atoms with Crippen molar-refractivity contribution >= 4 is 17.7 Å². The van der Waals surface area contributed by atoms with Crippen LogP contribution in [0.2, 0.25) is 0 Å². The van der Waals surface area contributed by atoms with Gasteiger partial charge < -0.3 is 4.74 Å². The average molecular weight is 322 g/mol. The molecule has 0 spiro atoms. The summed E-state index contributed by atoms with van der Waals surface area (Å²) in [6.45, 7) is 3.65. The zero-order chi connectivity index (χ0) is 15.8. The number of hydrogen-bond acceptors (Lipinski definition) is 3. The lowest BCUT2D eigenvalue weighted by Gasteiger charge is -2.19. The van der Waals surface area contributed by atoms with Crippen molar-refractivity contribution in [3.8, 4) is 0 Å². The maximum absolute atomic E-state index is 12.6. The van der Waals surface area contributed by atoms with E-state index in [1.807, 2.05) is 0 Å². The molecule has 0 aromatic carbocycles. The molecule has 0 aromatic rings. The van der Waals surface area contributed by atoms with E-state index in [-0.39, 0.29) is 30.7 Å². The molecule has 0 aliphatic rings. The summed E-state index contributed by atoms with van der Waals surface area (Å²) in [7, 11) is 0. The Bertz CT molecular complexity index is 294. The number of ether oxygens (including phenoxy) is 1. The maximum atomic E-state index is 12.6. The molecule has 0 aromatic heterocycles. The Morgan fingerprint density at radius 2 is 1.75 bits per heavy atom. The first-order valence-corrected chi connectivity index (χ1v) is 7.39. The van der Waals surface area contributed by atoms with Gasteiger partial charge in [-0.25, -0.2) is 0 Å². The van der Waals surface area contributed by atoms with E-state index in [1.54, 1.807) is 13.8 Å². The van der Waals surface area contributed by atoms with Crippen LogP contribution in [0.1, 0.15) is 39.5 Å². The summed E-state index contributed by atoms with van der Waals surface area (Å²) in [4.78, 5) is 11.2. The summed E-state index contributed by atoms with van der Waals surface area (Å²) in [5.74, 6) is -4.43. The van der Waals surface area contributed by atoms with Gasteiger partial charge in [-0.2, -0.15) is 22.0 Å². The van der Waals surface area contributed by atoms with Crippen LogP contribution >= 0.6 is 11.8 Å². The number of unbranched alkanes of at least 4 members (excludes halogenated alkanes) is 2. The molecule has 1 atom stereocenters. The van der Waals surface area contributed by atoms with Crippen LogP contribution in [-0.4, -0.2) is 35.7 Å². The van der Waals surface area contributed by atoms with Gasteiger partial charge in [-0.1, -0.05) is 6.42 Å². The SMILES string of the molecule is CCOC(=O)C(C)SCCCCCC(F)(F)C(F)(F)F. The van der Waals surface area contributed by atoms with Gasteiger partial charge in [-0.05, 0) is 32.4 Å². The number of halogens is 5. The van der Waals surface area contributed by atoms with Gasteiger partial charge in [0.05, 0.1) is 11.9 Å². The highest BCUT2D eigenvalue weighted by Crippen LogP contribution is 2.39. The van der Waals surface area contributed by atoms with E-state index < -0.39 is 18.5 Å². The van der Waals surface area contributed by atoms with E-state index in [0.29, 0.717) is 12.2 Å². The van der Waals surface area contributed by atoms with Crippen molar-refractivity contribution in [1.29, 1.82) is 0 Å². The first kappa shape index (κ1) is 19.5. The van der Waals surface area contributed by atoms with Crippen LogP contribution in [-0.2, 0) is 9.53 Å². The molecular weight excluding hydrogens is 303 g/mol. The molecule has 0 fully saturated rings. The number of alkyl halides is 5. The normalized spacial score (nSPS) is 14.2. The predicted octanol–water partition coefficient (Wildman–Crippen LogP) is 4.43. The highest BCUT2D eigenvalue weighted by atomic mass is 32.2. The van der Waals surface area contributed by atoms with E-state index >= 15 is 0 Å². The summed E-state index contributed by atoms with van der Waals surface area (Å²) in [5.41, 5.74) is 0. The van der Waals surface area contributed by atoms with Gasteiger partial charge in [0.25, 0.3) is 0 Å². The number of esters is 1. The van der Waals surface area contributed by atoms with Gasteiger partial charge in [0.2, 0.25) is 0 Å². The summed E-state index contributed by atoms with van der Waals surface area (Å²) < 4.78 is 65.5. The van der Waals surface area contributed by atoms with Crippen molar-refractivity contribution in [3.63, 3.8) is 0 Å². The van der Waals surface area contributed by atoms with Gasteiger partial charge in [-0.15, -0.1) is 11.8 Å². The third-order valence-corrected chi connectivity index (χ3v) is 3.75. The molecule has 2 nitrogen and oxygen atoms in total. The van der Waals surface area contributed by atoms with Crippen molar-refractivity contribution in [2.24, 2.45) is 0 Å². The van der Waals surface area contributed by atoms with Gasteiger partial charge in [0.15, 0.2) is 0 Å². The predicted molar refractivity (Wildman–Crippen MR) is 68.0 cm³/mol. The highest BCUT2D eigenvalue weighted by Gasteiger charge is 2.56. The van der Waals surface area contributed by atoms with Crippen molar-refractivity contribution in [2.75, 3.05) is 12.4 Å². The number of rotatable bonds is 9. The van der Waals surface area contributed by atoms with Crippen molar-refractivity contribution in [2.45, 2.75) is 56.9 Å². The zero-order valence-corrected chi connectivity index (χ0v) is 12.3. The lowest BCUT2D eigenvalue weighted by Crippen LogP contribution is -2.36. The minimum Gasteiger partial charge on any atom is -0.465 e. The summed E-state index contributed by atoms with van der Waals surface area (Å²) in [6.07, 6.45) is -6.09. The smallest absolute Gasteiger partial charge is 0.453 e. The fraction of sp³-hybridized carbons (Fsp3) is 0.917. The molecule has 0 heterocycles. The molecule has 0 saturated carbocycles. The van der Waals surface area contributed by atoms with Gasteiger partial charge in [-0.3, -0.25) is 4.79 Å². The Balaban J connectivity index is 3.71. The first-order valence-electron chi connectivity index (χ1n) is 6.34. The van der Waals surface area contributed by atoms with E-state index in [1.165, 1.54) is 11.8 Å². The van der Waals surface area contributed by atoms with Gasteiger partial charge in [0.1, 0.15) is 0 Å². The molecule has 0 N–H and O–H groups in total. The molecule has 8 heteroatoms. The van der Waals surface area contributed by atoms with Crippen LogP contribution in [0.25, 0.3) is 0 Å². The topological polar surface area (TPSA) is 26.3 Å². The molecule has 0 saturated heterocycles. The second kappa shape index (κ2) is 8.69. The minimum atomic E-state index is -5.47. The second-order valence-corrected chi connectivity index (χ2v) is 5.73. The maximum Gasteiger partial charge on any atom is 0.453 e. The Morgan fingerprint density at radius 3 is 2.25 bits per heavy atom. The molecule has 120 valence electrons. The molecule has 0 aliphatic heterocycles. The number of carbonyl (C=O) groups excluding carboxylic acids is 1. The highest BCUT2D eigenvalue weighted by molar-refractivity contribution is 8.00. The van der Waals surface area contributed by atoms with Crippen molar-refractivity contribution in [3.05, 3.63) is 0 Å². The summed E-state index contributed by atoms with van der Waals surface area (Å²) in [6, 6.07) is 0. The van der Waals surface area contributed by atoms with E-state index in [9.17, 15) is 26.7 Å². The third-order valence-electron chi connectivity index (χ3n) is 2.54. The monoisotopic (exact) mass is 322 g/mol. The fourth-order valence-electron chi connectivity index (χ4n) is 1.36. The Labute approximate surface area is 119 Å². The van der Waals surface area contributed by atoms with Gasteiger partial charge >= 0.3 is 18.1 Å². The molecule has 0 bridgehead atoms. The molecule has 0 rings (SSSR count). The molecule has 1 unspecified atom stereocenters. The van der Waals surface area contributed by atoms with Gasteiger partial charge in [0, 0.05) is 6.42 Å². The number of carbonyl (C=O) groups is 1. The van der Waals surface area contributed by atoms with Crippen LogP contribution in [0.15, 0.2) is 0 Å². The zero-order valence-electron chi connectivity index (χ0n) is 11.4. The number of hydrogen-bond donors (Lipinski definition) is 0. The first-order chi connectivity index (χ1) is 9.12. The van der Waals surface area contributed by atoms with Crippen LogP contribution in [0.4, 0.5) is 22.0 Å². The standard InChI is InChI=1S/C12H19F5O2S/c1-3-19-10(18)9(2)20-8-6-4-5-7-11(13,14)12(15,16)17/h9H,3-8H2,1-2H3. The Kier molecular flexibility index (Phi) is 8.46. The lowest BCUT2D eigenvalue weighted by molar-refractivity contribution is -0.284. The minimum absolute atomic E-state index is 0.194. The van der Waals surface area contributed by atoms with Crippen LogP contribution < -0.4 is 0 Å². The molecule has 0 amide bonds. The third kappa shape index (κ3) is 7.31. The second-order valence-electron chi connectivity index (χ2n) is 4.28. The Hall–Kier alpha value is -0.530. The van der Waals surface area contributed by atoms with E-state index in [4.69, 9.17) is 4.74 Å². The van der Waals surface area contributed by atoms with E-state index in [0.717, 1.165) is 0 Å². The largest absolute Gasteiger partial charge is 0.465 e. The lowest BCUT2D eigenvalue weighted by atomic mass is 10.1. The molecular formula is C12H19F5O2S. The summed E-state index contributed by atoms with van der Waals surface area (Å²) >= 11 is 1.30. The average Bonchev–Trinajstić information content (AvgIpc) is 2.32. The number of thioether (sulfide) groups is 1. The van der Waals surface area contributed by atoms with Crippen molar-refractivity contribution < 1.29 is 31.5 Å². The fourth-order valence-corrected chi connectivity index (χ4v) is 2.28. The molecule has 0 radical (unpaired) electrons. The summed E-state index contributed by atoms with van der Waals surface area (Å²) in [5, 5.41) is -0.355. The van der Waals surface area contributed by atoms with E-state index in [2.05, 4.69) is 0 Å². The molecule has 0 aliphatic carbocycles. The van der Waals surface area contributed by atoms with Crippen molar-refractivity contribution in [1.82, 2.24) is 0 Å². The molecule has 20 heavy (non-hydrogen) atoms. The van der Waals surface area contributed by atoms with Crippen LogP contribution in [0.5, 0.6) is 0 Å². The Morgan fingerprint density at radius 1 is 1.15 bits per heavy atom. The van der Waals surface area contributed by atoms with Crippen LogP contribution in [0.3, 0.4) is 0 Å². The quantitative estimate of drug-likeness (QED) is 0.357.